The van der Waals surface area contributed by atoms with Gasteiger partial charge in [0.1, 0.15) is 0 Å². The molecule has 1 aromatic carbocycles. The monoisotopic (exact) mass is 393 g/mol. The molecule has 0 spiro atoms. The minimum atomic E-state index is -3.89. The summed E-state index contributed by atoms with van der Waals surface area (Å²) in [5.74, 6) is 0.611. The predicted molar refractivity (Wildman–Crippen MR) is 90.6 cm³/mol. The van der Waals surface area contributed by atoms with Gasteiger partial charge in [-0.25, -0.2) is 0 Å². The molecule has 2 heterocycles. The van der Waals surface area contributed by atoms with Gasteiger partial charge in [0, 0.05) is 0 Å². The second-order valence-corrected chi connectivity index (χ2v) is 9.65. The van der Waals surface area contributed by atoms with Crippen LogP contribution in [0, 0.1) is 0 Å². The number of benzene rings is 1. The van der Waals surface area contributed by atoms with Crippen LogP contribution >= 0.6 is 11.6 Å². The minimum absolute atomic E-state index is 0.149. The summed E-state index contributed by atoms with van der Waals surface area (Å²) in [5, 5.41) is 7.98. The van der Waals surface area contributed by atoms with Crippen molar-refractivity contribution in [2.75, 3.05) is 0 Å². The molecule has 0 atom stereocenters. The Labute approximate surface area is 140 Å². The van der Waals surface area contributed by atoms with Gasteiger partial charge in [0.15, 0.2) is 0 Å². The molecular formula is C13H13AsBN3O4S. The molecule has 10 heteroatoms. The summed E-state index contributed by atoms with van der Waals surface area (Å²) in [6.07, 6.45) is 0.818. The van der Waals surface area contributed by atoms with Crippen molar-refractivity contribution < 1.29 is 15.4 Å². The van der Waals surface area contributed by atoms with Crippen LogP contribution in [0.1, 0.15) is 12.7 Å². The Kier molecular flexibility index (Phi) is 4.82. The van der Waals surface area contributed by atoms with Crippen LogP contribution in [0.25, 0.3) is 0 Å². The molecule has 1 saturated heterocycles. The Morgan fingerprint density at radius 2 is 1.91 bits per heavy atom. The number of nitrogens with two attached hydrogens (primary N) is 1. The zero-order valence-electron chi connectivity index (χ0n) is 12.2. The molecular weight excluding hydrogens is 380 g/mol. The van der Waals surface area contributed by atoms with E-state index in [1.165, 1.54) is 0 Å². The summed E-state index contributed by atoms with van der Waals surface area (Å²) in [7, 11) is 0. The van der Waals surface area contributed by atoms with Gasteiger partial charge >= 0.3 is 140 Å². The first-order chi connectivity index (χ1) is 11.1. The molecule has 0 radical (unpaired) electrons. The van der Waals surface area contributed by atoms with Crippen molar-refractivity contribution in [1.29, 1.82) is 0 Å². The van der Waals surface area contributed by atoms with E-state index < -0.39 is 20.6 Å². The predicted octanol–water partition coefficient (Wildman–Crippen LogP) is 1.36. The molecule has 1 fully saturated rings. The fourth-order valence-corrected chi connectivity index (χ4v) is 6.50. The molecule has 0 bridgehead atoms. The molecule has 1 aliphatic heterocycles. The van der Waals surface area contributed by atoms with Gasteiger partial charge in [0.2, 0.25) is 0 Å². The number of hydrogen-bond acceptors (Lipinski definition) is 7. The zero-order valence-corrected chi connectivity index (χ0v) is 14.8. The summed E-state index contributed by atoms with van der Waals surface area (Å²) in [6, 6.07) is 12.4. The van der Waals surface area contributed by atoms with Crippen molar-refractivity contribution >= 4 is 47.4 Å². The Morgan fingerprint density at radius 3 is 2.57 bits per heavy atom. The van der Waals surface area contributed by atoms with Gasteiger partial charge in [0.25, 0.3) is 0 Å². The van der Waals surface area contributed by atoms with Crippen molar-refractivity contribution in [3.63, 3.8) is 0 Å². The molecule has 1 aromatic heterocycles. The van der Waals surface area contributed by atoms with Crippen molar-refractivity contribution in [1.82, 2.24) is 0 Å². The molecule has 118 valence electrons. The molecule has 3 rings (SSSR count). The van der Waals surface area contributed by atoms with Gasteiger partial charge < -0.3 is 0 Å². The van der Waals surface area contributed by atoms with Crippen LogP contribution in [-0.4, -0.2) is 31.4 Å². The fraction of sp³-hybridized carbons (Fsp3) is 0.0769. The number of amidine groups is 1. The molecule has 2 aromatic rings. The van der Waals surface area contributed by atoms with Gasteiger partial charge in [-0.05, 0) is 0 Å². The van der Waals surface area contributed by atoms with E-state index in [-0.39, 0.29) is 5.17 Å². The first-order valence-electron chi connectivity index (χ1n) is 6.67. The second kappa shape index (κ2) is 6.84. The molecule has 2 N–H and O–H groups in total. The third-order valence-corrected chi connectivity index (χ3v) is 8.16. The quantitative estimate of drug-likeness (QED) is 0.365. The summed E-state index contributed by atoms with van der Waals surface area (Å²) >= 11 is -2.88. The molecule has 7 nitrogen and oxygen atoms in total. The number of nitrogens with zero attached hydrogens (tertiary/aromatic N) is 2. The number of furan rings is 1. The Balaban J connectivity index is 1.56. The summed E-state index contributed by atoms with van der Waals surface area (Å²) < 4.78 is 28.9. The molecule has 0 saturated carbocycles. The van der Waals surface area contributed by atoms with E-state index in [1.54, 1.807) is 49.6 Å². The van der Waals surface area contributed by atoms with Gasteiger partial charge in [0.05, 0.1) is 0 Å². The summed E-state index contributed by atoms with van der Waals surface area (Å²) in [6.45, 7) is 1.75. The van der Waals surface area contributed by atoms with E-state index in [4.69, 9.17) is 17.4 Å². The van der Waals surface area contributed by atoms with Crippen molar-refractivity contribution in [3.8, 4) is 0 Å². The molecule has 1 aliphatic rings. The summed E-state index contributed by atoms with van der Waals surface area (Å²) in [5.41, 5.74) is 6.34. The van der Waals surface area contributed by atoms with E-state index in [0.29, 0.717) is 15.8 Å². The fourth-order valence-electron chi connectivity index (χ4n) is 1.79. The van der Waals surface area contributed by atoms with Crippen LogP contribution in [0.3, 0.4) is 0 Å². The Hall–Kier alpha value is -1.67. The normalized spacial score (nSPS) is 17.9. The van der Waals surface area contributed by atoms with Crippen LogP contribution < -0.4 is 10.1 Å². The van der Waals surface area contributed by atoms with Crippen LogP contribution in [0.5, 0.6) is 0 Å². The van der Waals surface area contributed by atoms with Crippen LogP contribution in [0.4, 0.5) is 0 Å². The standard InChI is InChI=1S/C13H13AsBN3O4S/c1-10(12-8-5-9-20-12)17-18-13(16)23-15-21-14(19,22-15)11-6-3-2-4-7-11/h2-9H,1H3,(H2,16,18)/b17-10+. The average Bonchev–Trinajstić information content (AvgIpc) is 3.06. The summed E-state index contributed by atoms with van der Waals surface area (Å²) in [4.78, 5) is 0. The van der Waals surface area contributed by atoms with Gasteiger partial charge in [-0.15, -0.1) is 0 Å². The van der Waals surface area contributed by atoms with E-state index in [2.05, 4.69) is 10.2 Å². The van der Waals surface area contributed by atoms with Crippen molar-refractivity contribution in [3.05, 3.63) is 54.5 Å². The van der Waals surface area contributed by atoms with Gasteiger partial charge in [-0.3, -0.25) is 0 Å². The van der Waals surface area contributed by atoms with E-state index in [0.717, 1.165) is 11.6 Å². The van der Waals surface area contributed by atoms with Crippen molar-refractivity contribution in [2.45, 2.75) is 6.92 Å². The molecule has 0 unspecified atom stereocenters. The third-order valence-electron chi connectivity index (χ3n) is 2.92. The molecule has 23 heavy (non-hydrogen) atoms. The van der Waals surface area contributed by atoms with E-state index in [1.807, 2.05) is 6.07 Å². The van der Waals surface area contributed by atoms with Crippen LogP contribution in [-0.2, 0) is 11.0 Å². The van der Waals surface area contributed by atoms with E-state index in [9.17, 15) is 3.74 Å². The number of hydrogen-bond donors (Lipinski definition) is 1. The molecule has 0 amide bonds. The average molecular weight is 393 g/mol. The van der Waals surface area contributed by atoms with Gasteiger partial charge in [-0.1, -0.05) is 0 Å². The van der Waals surface area contributed by atoms with Crippen LogP contribution in [0.15, 0.2) is 63.3 Å². The topological polar surface area (TPSA) is 99.4 Å². The Morgan fingerprint density at radius 1 is 1.17 bits per heavy atom. The maximum absolute atomic E-state index is 12.4. The first kappa shape index (κ1) is 16.2. The van der Waals surface area contributed by atoms with E-state index >= 15 is 0 Å². The third kappa shape index (κ3) is 3.81. The molecule has 0 aliphatic carbocycles. The van der Waals surface area contributed by atoms with Crippen molar-refractivity contribution in [2.24, 2.45) is 15.9 Å². The second-order valence-electron chi connectivity index (χ2n) is 4.55. The first-order valence-corrected chi connectivity index (χ1v) is 10.8. The zero-order chi connectivity index (χ0) is 16.3. The van der Waals surface area contributed by atoms with Crippen LogP contribution in [0.2, 0.25) is 0 Å². The number of rotatable bonds is 4. The SMILES string of the molecule is C/C(=N\N=C(/N)SB1O[As](=O)(c2ccccc2)O1)c1ccco1. The maximum atomic E-state index is 12.4. The Bertz CT molecular complexity index is 772. The van der Waals surface area contributed by atoms with Gasteiger partial charge in [-0.2, -0.15) is 0 Å².